The second-order valence-corrected chi connectivity index (χ2v) is 2.60. The molecule has 2 radical (unpaired) electrons. The van der Waals surface area contributed by atoms with E-state index in [1.54, 1.807) is 0 Å². The van der Waals surface area contributed by atoms with Crippen molar-refractivity contribution < 1.29 is 0 Å². The molecule has 0 heterocycles. The van der Waals surface area contributed by atoms with Gasteiger partial charge in [-0.1, -0.05) is 52.3 Å². The maximum Gasteiger partial charge on any atom is 0.114 e. The lowest BCUT2D eigenvalue weighted by Crippen LogP contribution is -2.06. The SMILES string of the molecule is [B]c1ccccc1CI. The van der Waals surface area contributed by atoms with Crippen LogP contribution in [0.4, 0.5) is 0 Å². The van der Waals surface area contributed by atoms with Gasteiger partial charge in [-0.25, -0.2) is 0 Å². The highest BCUT2D eigenvalue weighted by atomic mass is 127. The van der Waals surface area contributed by atoms with Crippen LogP contribution >= 0.6 is 22.6 Å². The minimum absolute atomic E-state index is 0.895. The predicted molar refractivity (Wildman–Crippen MR) is 49.6 cm³/mol. The molecule has 1 aromatic rings. The van der Waals surface area contributed by atoms with Crippen molar-refractivity contribution in [2.75, 3.05) is 0 Å². The Morgan fingerprint density at radius 1 is 1.33 bits per heavy atom. The number of hydrogen-bond donors (Lipinski definition) is 0. The van der Waals surface area contributed by atoms with E-state index < -0.39 is 0 Å². The van der Waals surface area contributed by atoms with Crippen molar-refractivity contribution >= 4 is 35.9 Å². The van der Waals surface area contributed by atoms with Crippen LogP contribution in [0.2, 0.25) is 0 Å². The molecule has 0 saturated carbocycles. The first kappa shape index (κ1) is 7.13. The van der Waals surface area contributed by atoms with E-state index >= 15 is 0 Å². The first-order valence-electron chi connectivity index (χ1n) is 2.74. The fourth-order valence-electron chi connectivity index (χ4n) is 0.656. The Hall–Kier alpha value is 0.0149. The maximum absolute atomic E-state index is 5.63. The lowest BCUT2D eigenvalue weighted by molar-refractivity contribution is 1.50. The number of benzene rings is 1. The van der Waals surface area contributed by atoms with Gasteiger partial charge in [0.05, 0.1) is 0 Å². The van der Waals surface area contributed by atoms with E-state index in [4.69, 9.17) is 7.85 Å². The molecule has 0 bridgehead atoms. The molecule has 0 aliphatic rings. The van der Waals surface area contributed by atoms with Crippen LogP contribution in [0.25, 0.3) is 0 Å². The van der Waals surface area contributed by atoms with E-state index in [9.17, 15) is 0 Å². The van der Waals surface area contributed by atoms with Crippen LogP contribution < -0.4 is 5.46 Å². The maximum atomic E-state index is 5.63. The average molecular weight is 228 g/mol. The molecule has 0 amide bonds. The van der Waals surface area contributed by atoms with E-state index in [0.717, 1.165) is 9.89 Å². The van der Waals surface area contributed by atoms with Crippen LogP contribution in [0.15, 0.2) is 24.3 Å². The van der Waals surface area contributed by atoms with Gasteiger partial charge in [0.15, 0.2) is 0 Å². The quantitative estimate of drug-likeness (QED) is 0.387. The van der Waals surface area contributed by atoms with Crippen molar-refractivity contribution in [2.45, 2.75) is 4.43 Å². The van der Waals surface area contributed by atoms with Crippen molar-refractivity contribution in [3.63, 3.8) is 0 Å². The monoisotopic (exact) mass is 228 g/mol. The molecule has 0 aliphatic carbocycles. The van der Waals surface area contributed by atoms with E-state index in [2.05, 4.69) is 22.6 Å². The third-order valence-electron chi connectivity index (χ3n) is 1.20. The molecule has 2 heteroatoms. The summed E-state index contributed by atoms with van der Waals surface area (Å²) in [5.41, 5.74) is 2.12. The molecule has 9 heavy (non-hydrogen) atoms. The highest BCUT2D eigenvalue weighted by molar-refractivity contribution is 14.1. The first-order chi connectivity index (χ1) is 4.34. The van der Waals surface area contributed by atoms with E-state index in [0.29, 0.717) is 0 Å². The molecule has 0 spiro atoms. The molecule has 0 atom stereocenters. The second kappa shape index (κ2) is 3.25. The van der Waals surface area contributed by atoms with Crippen LogP contribution in [-0.4, -0.2) is 7.85 Å². The van der Waals surface area contributed by atoms with Gasteiger partial charge in [0.2, 0.25) is 0 Å². The summed E-state index contributed by atoms with van der Waals surface area (Å²) in [7, 11) is 5.63. The summed E-state index contributed by atoms with van der Waals surface area (Å²) < 4.78 is 0.991. The summed E-state index contributed by atoms with van der Waals surface area (Å²) in [5, 5.41) is 0. The Morgan fingerprint density at radius 2 is 2.00 bits per heavy atom. The van der Waals surface area contributed by atoms with Crippen LogP contribution in [0.1, 0.15) is 5.56 Å². The van der Waals surface area contributed by atoms with Crippen LogP contribution in [0.3, 0.4) is 0 Å². The summed E-state index contributed by atoms with van der Waals surface area (Å²) in [6.07, 6.45) is 0. The molecule has 1 rings (SSSR count). The van der Waals surface area contributed by atoms with E-state index in [1.165, 1.54) is 5.56 Å². The van der Waals surface area contributed by atoms with Gasteiger partial charge in [-0.05, 0) is 5.56 Å². The van der Waals surface area contributed by atoms with Crippen LogP contribution in [0.5, 0.6) is 0 Å². The largest absolute Gasteiger partial charge is 0.114 e. The van der Waals surface area contributed by atoms with Crippen molar-refractivity contribution in [1.82, 2.24) is 0 Å². The zero-order chi connectivity index (χ0) is 6.69. The molecule has 44 valence electrons. The van der Waals surface area contributed by atoms with Gasteiger partial charge >= 0.3 is 0 Å². The molecular formula is C7H6BI. The van der Waals surface area contributed by atoms with Crippen molar-refractivity contribution in [2.24, 2.45) is 0 Å². The van der Waals surface area contributed by atoms with Gasteiger partial charge in [-0.3, -0.25) is 0 Å². The fourth-order valence-corrected chi connectivity index (χ4v) is 1.35. The zero-order valence-electron chi connectivity index (χ0n) is 4.97. The summed E-state index contributed by atoms with van der Waals surface area (Å²) in [6.45, 7) is 0. The molecule has 0 saturated heterocycles. The minimum atomic E-state index is 0.895. The Morgan fingerprint density at radius 3 is 2.44 bits per heavy atom. The topological polar surface area (TPSA) is 0 Å². The standard InChI is InChI=1S/C7H6BI/c8-7-4-2-1-3-6(7)5-9/h1-4H,5H2. The Balaban J connectivity index is 3.01. The normalized spacial score (nSPS) is 9.44. The van der Waals surface area contributed by atoms with Gasteiger partial charge in [0.25, 0.3) is 0 Å². The average Bonchev–Trinajstić information content (AvgIpc) is 1.89. The number of hydrogen-bond acceptors (Lipinski definition) is 0. The lowest BCUT2D eigenvalue weighted by Gasteiger charge is -1.98. The van der Waals surface area contributed by atoms with Gasteiger partial charge < -0.3 is 0 Å². The van der Waals surface area contributed by atoms with Crippen molar-refractivity contribution in [3.05, 3.63) is 29.8 Å². The van der Waals surface area contributed by atoms with Crippen molar-refractivity contribution in [1.29, 1.82) is 0 Å². The minimum Gasteiger partial charge on any atom is -0.0928 e. The Kier molecular flexibility index (Phi) is 2.57. The third kappa shape index (κ3) is 1.71. The van der Waals surface area contributed by atoms with Crippen LogP contribution in [0, 0.1) is 0 Å². The Labute approximate surface area is 70.2 Å². The number of alkyl halides is 1. The van der Waals surface area contributed by atoms with E-state index in [1.807, 2.05) is 24.3 Å². The fraction of sp³-hybridized carbons (Fsp3) is 0.143. The molecule has 0 unspecified atom stereocenters. The second-order valence-electron chi connectivity index (χ2n) is 1.83. The number of rotatable bonds is 1. The summed E-state index contributed by atoms with van der Waals surface area (Å²) in [6, 6.07) is 7.92. The molecule has 1 aromatic carbocycles. The van der Waals surface area contributed by atoms with Gasteiger partial charge in [0.1, 0.15) is 7.85 Å². The Bertz CT molecular complexity index is 198. The summed E-state index contributed by atoms with van der Waals surface area (Å²) in [4.78, 5) is 0. The zero-order valence-corrected chi connectivity index (χ0v) is 7.13. The molecule has 0 aromatic heterocycles. The number of halogens is 1. The van der Waals surface area contributed by atoms with Crippen LogP contribution in [-0.2, 0) is 4.43 Å². The van der Waals surface area contributed by atoms with Gasteiger partial charge in [-0.2, -0.15) is 0 Å². The van der Waals surface area contributed by atoms with E-state index in [-0.39, 0.29) is 0 Å². The lowest BCUT2D eigenvalue weighted by atomic mass is 9.92. The molecule has 0 nitrogen and oxygen atoms in total. The highest BCUT2D eigenvalue weighted by Gasteiger charge is 1.90. The van der Waals surface area contributed by atoms with Gasteiger partial charge in [0, 0.05) is 4.43 Å². The summed E-state index contributed by atoms with van der Waals surface area (Å²) >= 11 is 2.30. The van der Waals surface area contributed by atoms with Crippen molar-refractivity contribution in [3.8, 4) is 0 Å². The molecule has 0 fully saturated rings. The molecular weight excluding hydrogens is 222 g/mol. The molecule has 0 N–H and O–H groups in total. The highest BCUT2D eigenvalue weighted by Crippen LogP contribution is 2.00. The van der Waals surface area contributed by atoms with Gasteiger partial charge in [-0.15, -0.1) is 0 Å². The molecule has 0 aliphatic heterocycles. The predicted octanol–water partition coefficient (Wildman–Crippen LogP) is 1.42. The smallest absolute Gasteiger partial charge is 0.0928 e. The summed E-state index contributed by atoms with van der Waals surface area (Å²) in [5.74, 6) is 0. The first-order valence-corrected chi connectivity index (χ1v) is 4.26. The third-order valence-corrected chi connectivity index (χ3v) is 2.02.